The van der Waals surface area contributed by atoms with Gasteiger partial charge in [0, 0.05) is 20.1 Å². The number of para-hydroxylation sites is 2. The molecule has 0 bridgehead atoms. The van der Waals surface area contributed by atoms with Crippen molar-refractivity contribution in [1.82, 2.24) is 19.8 Å². The van der Waals surface area contributed by atoms with Crippen LogP contribution in [0.25, 0.3) is 22.2 Å². The summed E-state index contributed by atoms with van der Waals surface area (Å²) in [5.41, 5.74) is 5.25. The van der Waals surface area contributed by atoms with Crippen LogP contribution in [-0.4, -0.2) is 44.6 Å². The van der Waals surface area contributed by atoms with Crippen LogP contribution in [0.2, 0.25) is 0 Å². The van der Waals surface area contributed by atoms with Crippen LogP contribution < -0.4 is 5.32 Å². The van der Waals surface area contributed by atoms with Gasteiger partial charge in [-0.1, -0.05) is 72.4 Å². The van der Waals surface area contributed by atoms with Gasteiger partial charge in [-0.15, -0.1) is 0 Å². The third-order valence-electron chi connectivity index (χ3n) is 6.45. The summed E-state index contributed by atoms with van der Waals surface area (Å²) < 4.78 is 2.00. The fourth-order valence-electron chi connectivity index (χ4n) is 4.60. The van der Waals surface area contributed by atoms with Gasteiger partial charge in [0.05, 0.1) is 16.8 Å². The molecule has 1 fully saturated rings. The molecule has 1 aliphatic rings. The van der Waals surface area contributed by atoms with E-state index in [2.05, 4.69) is 34.6 Å². The molecule has 1 aromatic heterocycles. The molecule has 1 aliphatic heterocycles. The fourth-order valence-corrected chi connectivity index (χ4v) is 5.47. The van der Waals surface area contributed by atoms with Gasteiger partial charge in [0.15, 0.2) is 5.16 Å². The Labute approximate surface area is 209 Å². The summed E-state index contributed by atoms with van der Waals surface area (Å²) in [6.45, 7) is 1.05. The Morgan fingerprint density at radius 2 is 1.77 bits per heavy atom. The van der Waals surface area contributed by atoms with Gasteiger partial charge in [0.2, 0.25) is 11.8 Å². The third-order valence-corrected chi connectivity index (χ3v) is 7.46. The average molecular weight is 485 g/mol. The van der Waals surface area contributed by atoms with Gasteiger partial charge in [0.1, 0.15) is 6.04 Å². The van der Waals surface area contributed by atoms with Crippen molar-refractivity contribution < 1.29 is 9.59 Å². The Balaban J connectivity index is 1.19. The van der Waals surface area contributed by atoms with Crippen LogP contribution in [0.3, 0.4) is 0 Å². The SMILES string of the molecule is Cn1c(SCC(=O)N2CCC[C@H]2C(=O)NCc2cccc(-c3ccccc3)c2)nc2ccccc21. The number of nitrogens with one attached hydrogen (secondary N) is 1. The van der Waals surface area contributed by atoms with Crippen molar-refractivity contribution >= 4 is 34.6 Å². The quantitative estimate of drug-likeness (QED) is 0.388. The molecule has 1 atom stereocenters. The lowest BCUT2D eigenvalue weighted by molar-refractivity contribution is -0.136. The van der Waals surface area contributed by atoms with Crippen molar-refractivity contribution in [2.75, 3.05) is 12.3 Å². The highest BCUT2D eigenvalue weighted by atomic mass is 32.2. The highest BCUT2D eigenvalue weighted by molar-refractivity contribution is 7.99. The Morgan fingerprint density at radius 3 is 2.60 bits per heavy atom. The van der Waals surface area contributed by atoms with Crippen LogP contribution in [0.5, 0.6) is 0 Å². The predicted molar refractivity (Wildman–Crippen MR) is 140 cm³/mol. The standard InChI is InChI=1S/C28H28N4O2S/c1-31-24-14-6-5-13-23(24)30-28(31)35-19-26(33)32-16-8-15-25(32)27(34)29-18-20-9-7-12-22(17-20)21-10-3-2-4-11-21/h2-7,9-14,17,25H,8,15-16,18-19H2,1H3,(H,29,34)/t25-/m0/s1. The monoisotopic (exact) mass is 484 g/mol. The van der Waals surface area contributed by atoms with Crippen LogP contribution in [0.1, 0.15) is 18.4 Å². The molecule has 0 unspecified atom stereocenters. The van der Waals surface area contributed by atoms with Crippen molar-refractivity contribution in [3.63, 3.8) is 0 Å². The Kier molecular flexibility index (Phi) is 6.86. The number of aryl methyl sites for hydroxylation is 1. The summed E-state index contributed by atoms with van der Waals surface area (Å²) in [5.74, 6) is 0.152. The molecule has 0 saturated carbocycles. The number of hydrogen-bond acceptors (Lipinski definition) is 4. The molecule has 178 valence electrons. The van der Waals surface area contributed by atoms with Crippen LogP contribution >= 0.6 is 11.8 Å². The number of hydrogen-bond donors (Lipinski definition) is 1. The van der Waals surface area contributed by atoms with Crippen molar-refractivity contribution in [2.45, 2.75) is 30.6 Å². The number of nitrogens with zero attached hydrogens (tertiary/aromatic N) is 3. The second-order valence-corrected chi connectivity index (χ2v) is 9.70. The Morgan fingerprint density at radius 1 is 1.00 bits per heavy atom. The van der Waals surface area contributed by atoms with E-state index in [-0.39, 0.29) is 17.6 Å². The van der Waals surface area contributed by atoms with E-state index < -0.39 is 6.04 Å². The van der Waals surface area contributed by atoms with E-state index in [1.807, 2.05) is 66.2 Å². The molecule has 1 N–H and O–H groups in total. The number of thioether (sulfide) groups is 1. The number of fused-ring (bicyclic) bond motifs is 1. The molecular weight excluding hydrogens is 456 g/mol. The fraction of sp³-hybridized carbons (Fsp3) is 0.250. The number of carbonyl (C=O) groups is 2. The third kappa shape index (κ3) is 5.10. The van der Waals surface area contributed by atoms with E-state index >= 15 is 0 Å². The number of aromatic nitrogens is 2. The van der Waals surface area contributed by atoms with E-state index in [0.29, 0.717) is 19.5 Å². The smallest absolute Gasteiger partial charge is 0.243 e. The first-order valence-electron chi connectivity index (χ1n) is 11.9. The molecule has 1 saturated heterocycles. The van der Waals surface area contributed by atoms with Crippen molar-refractivity contribution in [2.24, 2.45) is 7.05 Å². The van der Waals surface area contributed by atoms with Gasteiger partial charge >= 0.3 is 0 Å². The number of rotatable bonds is 7. The summed E-state index contributed by atoms with van der Waals surface area (Å²) in [5, 5.41) is 3.85. The molecule has 0 aliphatic carbocycles. The zero-order valence-corrected chi connectivity index (χ0v) is 20.5. The minimum Gasteiger partial charge on any atom is -0.350 e. The number of carbonyl (C=O) groups excluding carboxylic acids is 2. The molecule has 35 heavy (non-hydrogen) atoms. The maximum Gasteiger partial charge on any atom is 0.243 e. The minimum atomic E-state index is -0.416. The first kappa shape index (κ1) is 23.2. The van der Waals surface area contributed by atoms with Gasteiger partial charge < -0.3 is 14.8 Å². The number of imidazole rings is 1. The Hall–Kier alpha value is -3.58. The number of likely N-dealkylation sites (tertiary alicyclic amines) is 1. The normalized spacial score (nSPS) is 15.5. The topological polar surface area (TPSA) is 67.2 Å². The number of amides is 2. The van der Waals surface area contributed by atoms with Crippen molar-refractivity contribution in [1.29, 1.82) is 0 Å². The lowest BCUT2D eigenvalue weighted by Gasteiger charge is -2.24. The molecule has 0 spiro atoms. The van der Waals surface area contributed by atoms with Gasteiger partial charge in [-0.25, -0.2) is 4.98 Å². The van der Waals surface area contributed by atoms with E-state index in [4.69, 9.17) is 0 Å². The first-order valence-corrected chi connectivity index (χ1v) is 12.8. The number of benzene rings is 3. The Bertz CT molecular complexity index is 1350. The van der Waals surface area contributed by atoms with E-state index in [9.17, 15) is 9.59 Å². The van der Waals surface area contributed by atoms with Crippen LogP contribution in [0.4, 0.5) is 0 Å². The summed E-state index contributed by atoms with van der Waals surface area (Å²) in [6, 6.07) is 25.9. The van der Waals surface area contributed by atoms with Crippen LogP contribution in [0.15, 0.2) is 84.0 Å². The zero-order valence-electron chi connectivity index (χ0n) is 19.7. The second kappa shape index (κ2) is 10.4. The second-order valence-electron chi connectivity index (χ2n) is 8.76. The molecule has 2 heterocycles. The molecule has 0 radical (unpaired) electrons. The summed E-state index contributed by atoms with van der Waals surface area (Å²) >= 11 is 1.42. The molecule has 4 aromatic rings. The summed E-state index contributed by atoms with van der Waals surface area (Å²) in [6.07, 6.45) is 1.53. The van der Waals surface area contributed by atoms with Gasteiger partial charge in [-0.2, -0.15) is 0 Å². The van der Waals surface area contributed by atoms with Gasteiger partial charge in [0.25, 0.3) is 0 Å². The van der Waals surface area contributed by atoms with E-state index in [1.165, 1.54) is 11.8 Å². The maximum absolute atomic E-state index is 13.0. The molecular formula is C28H28N4O2S. The highest BCUT2D eigenvalue weighted by Gasteiger charge is 2.33. The lowest BCUT2D eigenvalue weighted by atomic mass is 10.0. The van der Waals surface area contributed by atoms with E-state index in [1.54, 1.807) is 4.90 Å². The molecule has 5 rings (SSSR count). The molecule has 7 heteroatoms. The molecule has 2 amide bonds. The van der Waals surface area contributed by atoms with Gasteiger partial charge in [-0.05, 0) is 47.7 Å². The molecule has 6 nitrogen and oxygen atoms in total. The summed E-state index contributed by atoms with van der Waals surface area (Å²) in [7, 11) is 1.96. The zero-order chi connectivity index (χ0) is 24.2. The lowest BCUT2D eigenvalue weighted by Crippen LogP contribution is -2.46. The molecule has 3 aromatic carbocycles. The maximum atomic E-state index is 13.0. The largest absolute Gasteiger partial charge is 0.350 e. The van der Waals surface area contributed by atoms with E-state index in [0.717, 1.165) is 39.3 Å². The van der Waals surface area contributed by atoms with Crippen molar-refractivity contribution in [3.05, 3.63) is 84.4 Å². The van der Waals surface area contributed by atoms with Crippen LogP contribution in [-0.2, 0) is 23.2 Å². The van der Waals surface area contributed by atoms with Crippen LogP contribution in [0, 0.1) is 0 Å². The minimum absolute atomic E-state index is 0.0224. The predicted octanol–water partition coefficient (Wildman–Crippen LogP) is 4.64. The highest BCUT2D eigenvalue weighted by Crippen LogP contribution is 2.25. The first-order chi connectivity index (χ1) is 17.1. The average Bonchev–Trinajstić information content (AvgIpc) is 3.52. The van der Waals surface area contributed by atoms with Crippen molar-refractivity contribution in [3.8, 4) is 11.1 Å². The summed E-state index contributed by atoms with van der Waals surface area (Å²) in [4.78, 5) is 32.4. The van der Waals surface area contributed by atoms with Gasteiger partial charge in [-0.3, -0.25) is 9.59 Å².